The first-order valence-electron chi connectivity index (χ1n) is 3.59. The number of hydrogen-bond donors (Lipinski definition) is 1. The standard InChI is InChI=1S/C8H5ClF2N2O/c9-7-5(14)3-4(1-2-12)6(13-7)8(10)11/h3,8,14H,1H2. The number of nitrogens with zero attached hydrogens (tertiary/aromatic N) is 2. The average molecular weight is 219 g/mol. The van der Waals surface area contributed by atoms with Crippen LogP contribution in [0.4, 0.5) is 8.78 Å². The minimum Gasteiger partial charge on any atom is -0.505 e. The molecule has 1 aromatic heterocycles. The number of alkyl halides is 2. The van der Waals surface area contributed by atoms with Gasteiger partial charge in [-0.05, 0) is 11.6 Å². The topological polar surface area (TPSA) is 56.9 Å². The van der Waals surface area contributed by atoms with Crippen LogP contribution >= 0.6 is 11.6 Å². The second-order valence-corrected chi connectivity index (χ2v) is 2.84. The van der Waals surface area contributed by atoms with Gasteiger partial charge in [0, 0.05) is 0 Å². The van der Waals surface area contributed by atoms with Crippen molar-refractivity contribution in [3.8, 4) is 11.8 Å². The van der Waals surface area contributed by atoms with Crippen LogP contribution in [0.1, 0.15) is 17.7 Å². The Labute approximate surface area is 83.6 Å². The third-order valence-corrected chi connectivity index (χ3v) is 1.82. The van der Waals surface area contributed by atoms with E-state index in [4.69, 9.17) is 22.0 Å². The molecule has 6 heteroatoms. The molecule has 0 aliphatic carbocycles. The van der Waals surface area contributed by atoms with Gasteiger partial charge in [-0.1, -0.05) is 11.6 Å². The van der Waals surface area contributed by atoms with E-state index in [9.17, 15) is 8.78 Å². The Hall–Kier alpha value is -1.41. The molecule has 0 aliphatic rings. The summed E-state index contributed by atoms with van der Waals surface area (Å²) in [5.41, 5.74) is -0.571. The lowest BCUT2D eigenvalue weighted by atomic mass is 10.1. The lowest BCUT2D eigenvalue weighted by Gasteiger charge is -2.06. The summed E-state index contributed by atoms with van der Waals surface area (Å²) >= 11 is 5.35. The normalized spacial score (nSPS) is 10.2. The molecule has 0 saturated carbocycles. The molecule has 0 unspecified atom stereocenters. The summed E-state index contributed by atoms with van der Waals surface area (Å²) in [4.78, 5) is 3.31. The van der Waals surface area contributed by atoms with Crippen molar-refractivity contribution in [1.82, 2.24) is 4.98 Å². The van der Waals surface area contributed by atoms with Crippen molar-refractivity contribution in [2.75, 3.05) is 0 Å². The molecule has 0 saturated heterocycles. The fourth-order valence-electron chi connectivity index (χ4n) is 0.949. The van der Waals surface area contributed by atoms with E-state index in [0.717, 1.165) is 6.07 Å². The molecule has 3 nitrogen and oxygen atoms in total. The smallest absolute Gasteiger partial charge is 0.280 e. The number of halogens is 3. The molecule has 0 bridgehead atoms. The Bertz CT molecular complexity index is 390. The first-order valence-corrected chi connectivity index (χ1v) is 3.97. The highest BCUT2D eigenvalue weighted by Crippen LogP contribution is 2.29. The number of rotatable bonds is 2. The maximum Gasteiger partial charge on any atom is 0.280 e. The molecule has 1 rings (SSSR count). The molecule has 1 N–H and O–H groups in total. The van der Waals surface area contributed by atoms with Crippen molar-refractivity contribution < 1.29 is 13.9 Å². The first kappa shape index (κ1) is 10.7. The molecule has 1 heterocycles. The van der Waals surface area contributed by atoms with Gasteiger partial charge in [0.1, 0.15) is 5.69 Å². The van der Waals surface area contributed by atoms with E-state index in [1.165, 1.54) is 0 Å². The van der Waals surface area contributed by atoms with Gasteiger partial charge in [-0.3, -0.25) is 0 Å². The van der Waals surface area contributed by atoms with Crippen LogP contribution in [0.5, 0.6) is 5.75 Å². The number of aromatic nitrogens is 1. The Balaban J connectivity index is 3.25. The van der Waals surface area contributed by atoms with Gasteiger partial charge in [0.2, 0.25) is 0 Å². The summed E-state index contributed by atoms with van der Waals surface area (Å²) in [6, 6.07) is 2.73. The minimum absolute atomic E-state index is 0.00981. The van der Waals surface area contributed by atoms with Gasteiger partial charge in [0.25, 0.3) is 6.43 Å². The second kappa shape index (κ2) is 4.20. The van der Waals surface area contributed by atoms with Crippen molar-refractivity contribution in [1.29, 1.82) is 5.26 Å². The predicted molar refractivity (Wildman–Crippen MR) is 45.2 cm³/mol. The van der Waals surface area contributed by atoms with Crippen LogP contribution in [-0.4, -0.2) is 10.1 Å². The Morgan fingerprint density at radius 1 is 1.64 bits per heavy atom. The minimum atomic E-state index is -2.81. The highest BCUT2D eigenvalue weighted by molar-refractivity contribution is 6.30. The Morgan fingerprint density at radius 2 is 2.29 bits per heavy atom. The van der Waals surface area contributed by atoms with E-state index in [1.807, 2.05) is 0 Å². The van der Waals surface area contributed by atoms with Gasteiger partial charge < -0.3 is 5.11 Å². The molecule has 0 fully saturated rings. The fraction of sp³-hybridized carbons (Fsp3) is 0.250. The summed E-state index contributed by atoms with van der Waals surface area (Å²) < 4.78 is 24.7. The summed E-state index contributed by atoms with van der Waals surface area (Å²) in [5, 5.41) is 17.0. The number of aromatic hydroxyl groups is 1. The zero-order chi connectivity index (χ0) is 10.7. The summed E-state index contributed by atoms with van der Waals surface area (Å²) in [7, 11) is 0. The monoisotopic (exact) mass is 218 g/mol. The van der Waals surface area contributed by atoms with Gasteiger partial charge in [0.15, 0.2) is 10.9 Å². The van der Waals surface area contributed by atoms with Gasteiger partial charge in [-0.2, -0.15) is 5.26 Å². The van der Waals surface area contributed by atoms with Gasteiger partial charge in [-0.15, -0.1) is 0 Å². The van der Waals surface area contributed by atoms with Gasteiger partial charge in [0.05, 0.1) is 12.5 Å². The third kappa shape index (κ3) is 2.09. The molecule has 1 aromatic rings. The number of hydrogen-bond acceptors (Lipinski definition) is 3. The number of nitriles is 1. The summed E-state index contributed by atoms with van der Waals surface area (Å²) in [5.74, 6) is -0.402. The molecular weight excluding hydrogens is 214 g/mol. The van der Waals surface area contributed by atoms with Gasteiger partial charge >= 0.3 is 0 Å². The highest BCUT2D eigenvalue weighted by Gasteiger charge is 2.17. The maximum atomic E-state index is 12.4. The van der Waals surface area contributed by atoms with E-state index < -0.39 is 17.9 Å². The van der Waals surface area contributed by atoms with Gasteiger partial charge in [-0.25, -0.2) is 13.8 Å². The molecule has 74 valence electrons. The van der Waals surface area contributed by atoms with Crippen LogP contribution in [-0.2, 0) is 6.42 Å². The van der Waals surface area contributed by atoms with Crippen LogP contribution in [0, 0.1) is 11.3 Å². The number of pyridine rings is 1. The molecule has 0 spiro atoms. The highest BCUT2D eigenvalue weighted by atomic mass is 35.5. The van der Waals surface area contributed by atoms with Crippen molar-refractivity contribution in [2.24, 2.45) is 0 Å². The molecular formula is C8H5ClF2N2O. The predicted octanol–water partition coefficient (Wildman–Crippen LogP) is 2.44. The molecule has 0 radical (unpaired) electrons. The lowest BCUT2D eigenvalue weighted by molar-refractivity contribution is 0.145. The molecule has 14 heavy (non-hydrogen) atoms. The third-order valence-electron chi connectivity index (χ3n) is 1.55. The average Bonchev–Trinajstić information content (AvgIpc) is 2.11. The Morgan fingerprint density at radius 3 is 2.79 bits per heavy atom. The van der Waals surface area contributed by atoms with Crippen molar-refractivity contribution in [2.45, 2.75) is 12.8 Å². The van der Waals surface area contributed by atoms with E-state index >= 15 is 0 Å². The van der Waals surface area contributed by atoms with Crippen molar-refractivity contribution in [3.05, 3.63) is 22.5 Å². The molecule has 0 atom stereocenters. The van der Waals surface area contributed by atoms with Crippen LogP contribution in [0.2, 0.25) is 5.15 Å². The first-order chi connectivity index (χ1) is 6.56. The molecule has 0 amide bonds. The van der Waals surface area contributed by atoms with E-state index in [1.54, 1.807) is 6.07 Å². The Kier molecular flexibility index (Phi) is 3.20. The summed E-state index contributed by atoms with van der Waals surface area (Å²) in [6.07, 6.45) is -3.05. The molecule has 0 aromatic carbocycles. The summed E-state index contributed by atoms with van der Waals surface area (Å²) in [6.45, 7) is 0. The van der Waals surface area contributed by atoms with Crippen LogP contribution in [0.3, 0.4) is 0 Å². The van der Waals surface area contributed by atoms with Crippen LogP contribution in [0.15, 0.2) is 6.07 Å². The van der Waals surface area contributed by atoms with Crippen molar-refractivity contribution in [3.63, 3.8) is 0 Å². The lowest BCUT2D eigenvalue weighted by Crippen LogP contribution is -1.98. The van der Waals surface area contributed by atoms with E-state index in [-0.39, 0.29) is 17.1 Å². The maximum absolute atomic E-state index is 12.4. The fourth-order valence-corrected chi connectivity index (χ4v) is 1.09. The van der Waals surface area contributed by atoms with E-state index in [2.05, 4.69) is 4.98 Å². The SMILES string of the molecule is N#CCc1cc(O)c(Cl)nc1C(F)F. The zero-order valence-electron chi connectivity index (χ0n) is 6.84. The van der Waals surface area contributed by atoms with Crippen LogP contribution in [0.25, 0.3) is 0 Å². The quantitative estimate of drug-likeness (QED) is 0.776. The molecule has 0 aliphatic heterocycles. The second-order valence-electron chi connectivity index (χ2n) is 2.48. The largest absolute Gasteiger partial charge is 0.505 e. The van der Waals surface area contributed by atoms with Crippen LogP contribution < -0.4 is 0 Å². The zero-order valence-corrected chi connectivity index (χ0v) is 7.59. The van der Waals surface area contributed by atoms with E-state index in [0.29, 0.717) is 0 Å². The van der Waals surface area contributed by atoms with Crippen molar-refractivity contribution >= 4 is 11.6 Å².